The van der Waals surface area contributed by atoms with Gasteiger partial charge in [0.1, 0.15) is 11.6 Å². The Balaban J connectivity index is 1.01. The molecule has 1 amide bonds. The highest BCUT2D eigenvalue weighted by atomic mass is 35.5. The summed E-state index contributed by atoms with van der Waals surface area (Å²) in [4.78, 5) is 24.9. The van der Waals surface area contributed by atoms with Gasteiger partial charge in [0.25, 0.3) is 0 Å². The van der Waals surface area contributed by atoms with Crippen molar-refractivity contribution in [3.63, 3.8) is 0 Å². The van der Waals surface area contributed by atoms with Crippen LogP contribution in [0.1, 0.15) is 31.2 Å². The second-order valence-electron chi connectivity index (χ2n) is 9.91. The van der Waals surface area contributed by atoms with Crippen LogP contribution in [0.15, 0.2) is 30.6 Å². The van der Waals surface area contributed by atoms with Crippen LogP contribution in [-0.2, 0) is 16.0 Å². The molecule has 2 unspecified atom stereocenters. The molecule has 3 aliphatic rings. The standard InChI is InChI=1S/C26H32ClFN4O3/c1-34-22-15-32(16-22)25(33)11-19-2-3-21(12-24(19)28)35-9-6-18-10-23(18)17-4-7-31(8-5-17)26-29-13-20(27)14-30-26/h2-3,12-14,17-18,22-23H,4-11,15-16H2,1H3. The Morgan fingerprint density at radius 3 is 2.63 bits per heavy atom. The molecule has 3 fully saturated rings. The van der Waals surface area contributed by atoms with E-state index in [2.05, 4.69) is 14.9 Å². The van der Waals surface area contributed by atoms with Crippen LogP contribution in [0.4, 0.5) is 10.3 Å². The summed E-state index contributed by atoms with van der Waals surface area (Å²) in [6, 6.07) is 4.82. The summed E-state index contributed by atoms with van der Waals surface area (Å²) >= 11 is 5.89. The minimum absolute atomic E-state index is 0.0647. The molecular formula is C26H32ClFN4O3. The third kappa shape index (κ3) is 5.86. The molecule has 1 aliphatic carbocycles. The molecular weight excluding hydrogens is 471 g/mol. The smallest absolute Gasteiger partial charge is 0.227 e. The van der Waals surface area contributed by atoms with Crippen molar-refractivity contribution in [2.24, 2.45) is 17.8 Å². The zero-order valence-corrected chi connectivity index (χ0v) is 20.8. The van der Waals surface area contributed by atoms with Gasteiger partial charge in [0, 0.05) is 39.4 Å². The van der Waals surface area contributed by atoms with Crippen LogP contribution in [-0.4, -0.2) is 66.8 Å². The first-order chi connectivity index (χ1) is 17.0. The van der Waals surface area contributed by atoms with Crippen molar-refractivity contribution in [1.82, 2.24) is 14.9 Å². The van der Waals surface area contributed by atoms with Crippen LogP contribution in [0, 0.1) is 23.6 Å². The number of piperidine rings is 1. The lowest BCUT2D eigenvalue weighted by molar-refractivity contribution is -0.142. The SMILES string of the molecule is COC1CN(C(=O)Cc2ccc(OCCC3CC3C3CCN(c4ncc(Cl)cn4)CC3)cc2F)C1. The lowest BCUT2D eigenvalue weighted by Gasteiger charge is -2.38. The van der Waals surface area contributed by atoms with E-state index in [1.807, 2.05) is 0 Å². The number of anilines is 1. The first-order valence-corrected chi connectivity index (χ1v) is 12.8. The number of ether oxygens (including phenoxy) is 2. The average molecular weight is 503 g/mol. The Bertz CT molecular complexity index is 1030. The second-order valence-corrected chi connectivity index (χ2v) is 10.3. The summed E-state index contributed by atoms with van der Waals surface area (Å²) in [5.41, 5.74) is 0.404. The van der Waals surface area contributed by atoms with Gasteiger partial charge in [0.15, 0.2) is 0 Å². The fraction of sp³-hybridized carbons (Fsp3) is 0.577. The molecule has 0 radical (unpaired) electrons. The molecule has 0 bridgehead atoms. The molecule has 188 valence electrons. The third-order valence-electron chi connectivity index (χ3n) is 7.67. The predicted molar refractivity (Wildman–Crippen MR) is 131 cm³/mol. The van der Waals surface area contributed by atoms with Crippen LogP contribution in [0.5, 0.6) is 5.75 Å². The number of hydrogen-bond donors (Lipinski definition) is 0. The Morgan fingerprint density at radius 1 is 1.20 bits per heavy atom. The molecule has 3 heterocycles. The van der Waals surface area contributed by atoms with E-state index >= 15 is 0 Å². The highest BCUT2D eigenvalue weighted by Gasteiger charge is 2.43. The molecule has 2 aliphatic heterocycles. The maximum Gasteiger partial charge on any atom is 0.227 e. The number of carbonyl (C=O) groups is 1. The van der Waals surface area contributed by atoms with Gasteiger partial charge in [-0.3, -0.25) is 4.79 Å². The summed E-state index contributed by atoms with van der Waals surface area (Å²) in [6.45, 7) is 3.70. The molecule has 2 saturated heterocycles. The van der Waals surface area contributed by atoms with Gasteiger partial charge in [-0.25, -0.2) is 14.4 Å². The maximum atomic E-state index is 14.5. The number of nitrogens with zero attached hydrogens (tertiary/aromatic N) is 4. The van der Waals surface area contributed by atoms with Crippen LogP contribution in [0.3, 0.4) is 0 Å². The predicted octanol–water partition coefficient (Wildman–Crippen LogP) is 3.99. The van der Waals surface area contributed by atoms with Gasteiger partial charge in [-0.1, -0.05) is 17.7 Å². The Morgan fingerprint density at radius 2 is 1.94 bits per heavy atom. The molecule has 35 heavy (non-hydrogen) atoms. The topological polar surface area (TPSA) is 67.8 Å². The van der Waals surface area contributed by atoms with Crippen LogP contribution in [0.2, 0.25) is 5.02 Å². The number of amides is 1. The molecule has 0 N–H and O–H groups in total. The number of hydrogen-bond acceptors (Lipinski definition) is 6. The van der Waals surface area contributed by atoms with Crippen molar-refractivity contribution in [3.05, 3.63) is 47.0 Å². The lowest BCUT2D eigenvalue weighted by Crippen LogP contribution is -2.54. The van der Waals surface area contributed by atoms with Gasteiger partial charge in [-0.2, -0.15) is 0 Å². The quantitative estimate of drug-likeness (QED) is 0.516. The van der Waals surface area contributed by atoms with E-state index in [1.54, 1.807) is 36.5 Å². The maximum absolute atomic E-state index is 14.5. The monoisotopic (exact) mass is 502 g/mol. The summed E-state index contributed by atoms with van der Waals surface area (Å²) in [7, 11) is 1.64. The number of aromatic nitrogens is 2. The van der Waals surface area contributed by atoms with Crippen molar-refractivity contribution in [2.45, 2.75) is 38.2 Å². The number of halogens is 2. The number of carbonyl (C=O) groups excluding carboxylic acids is 1. The minimum Gasteiger partial charge on any atom is -0.493 e. The fourth-order valence-electron chi connectivity index (χ4n) is 5.33. The first-order valence-electron chi connectivity index (χ1n) is 12.4. The van der Waals surface area contributed by atoms with Crippen molar-refractivity contribution in [2.75, 3.05) is 44.8 Å². The van der Waals surface area contributed by atoms with Gasteiger partial charge < -0.3 is 19.3 Å². The van der Waals surface area contributed by atoms with E-state index < -0.39 is 0 Å². The van der Waals surface area contributed by atoms with Gasteiger partial charge in [-0.05, 0) is 55.1 Å². The van der Waals surface area contributed by atoms with Gasteiger partial charge in [0.2, 0.25) is 11.9 Å². The summed E-state index contributed by atoms with van der Waals surface area (Å²) in [5.74, 6) is 3.01. The number of likely N-dealkylation sites (tertiary alicyclic amines) is 1. The fourth-order valence-corrected chi connectivity index (χ4v) is 5.43. The van der Waals surface area contributed by atoms with E-state index in [0.717, 1.165) is 50.1 Å². The van der Waals surface area contributed by atoms with E-state index in [0.29, 0.717) is 41.9 Å². The molecule has 2 atom stereocenters. The zero-order chi connectivity index (χ0) is 24.4. The normalized spacial score (nSPS) is 22.7. The minimum atomic E-state index is -0.389. The second kappa shape index (κ2) is 10.7. The van der Waals surface area contributed by atoms with Gasteiger partial charge >= 0.3 is 0 Å². The molecule has 1 aromatic heterocycles. The number of methoxy groups -OCH3 is 1. The van der Waals surface area contributed by atoms with Crippen molar-refractivity contribution in [3.8, 4) is 5.75 Å². The largest absolute Gasteiger partial charge is 0.493 e. The number of rotatable bonds is 9. The molecule has 7 nitrogen and oxygen atoms in total. The molecule has 1 saturated carbocycles. The lowest BCUT2D eigenvalue weighted by atomic mass is 9.90. The van der Waals surface area contributed by atoms with E-state index in [9.17, 15) is 9.18 Å². The average Bonchev–Trinajstić information content (AvgIpc) is 3.60. The highest BCUT2D eigenvalue weighted by Crippen LogP contribution is 2.49. The molecule has 9 heteroatoms. The molecule has 2 aromatic rings. The number of benzene rings is 1. The van der Waals surface area contributed by atoms with Crippen LogP contribution < -0.4 is 9.64 Å². The summed E-state index contributed by atoms with van der Waals surface area (Å²) < 4.78 is 25.5. The Kier molecular flexibility index (Phi) is 7.39. The molecule has 5 rings (SSSR count). The highest BCUT2D eigenvalue weighted by molar-refractivity contribution is 6.30. The van der Waals surface area contributed by atoms with Crippen LogP contribution >= 0.6 is 11.6 Å². The first kappa shape index (κ1) is 24.3. The summed E-state index contributed by atoms with van der Waals surface area (Å²) in [6.07, 6.45) is 8.01. The van der Waals surface area contributed by atoms with Crippen molar-refractivity contribution >= 4 is 23.5 Å². The Labute approximate surface area is 210 Å². The van der Waals surface area contributed by atoms with Gasteiger partial charge in [-0.15, -0.1) is 0 Å². The zero-order valence-electron chi connectivity index (χ0n) is 20.0. The van der Waals surface area contributed by atoms with E-state index in [4.69, 9.17) is 21.1 Å². The van der Waals surface area contributed by atoms with Crippen molar-refractivity contribution < 1.29 is 18.7 Å². The van der Waals surface area contributed by atoms with Crippen molar-refractivity contribution in [1.29, 1.82) is 0 Å². The molecule has 0 spiro atoms. The van der Waals surface area contributed by atoms with E-state index in [1.165, 1.54) is 12.5 Å². The van der Waals surface area contributed by atoms with Gasteiger partial charge in [0.05, 0.1) is 36.5 Å². The van der Waals surface area contributed by atoms with E-state index in [-0.39, 0.29) is 24.2 Å². The summed E-state index contributed by atoms with van der Waals surface area (Å²) in [5, 5.41) is 0.559. The Hall–Kier alpha value is -2.45. The third-order valence-corrected chi connectivity index (χ3v) is 7.86. The molecule has 1 aromatic carbocycles. The van der Waals surface area contributed by atoms with Crippen LogP contribution in [0.25, 0.3) is 0 Å².